The van der Waals surface area contributed by atoms with E-state index in [4.69, 9.17) is 45.9 Å². The van der Waals surface area contributed by atoms with Crippen molar-refractivity contribution in [3.8, 4) is 17.2 Å². The van der Waals surface area contributed by atoms with Crippen LogP contribution in [0.1, 0.15) is 37.5 Å². The molecule has 2 atom stereocenters. The summed E-state index contributed by atoms with van der Waals surface area (Å²) < 4.78 is 58.5. The molecule has 0 aliphatic heterocycles. The number of methoxy groups -OCH3 is 3. The normalized spacial score (nSPS) is 13.4. The fourth-order valence-corrected chi connectivity index (χ4v) is 10.5. The average molecular weight is 671 g/mol. The Labute approximate surface area is 263 Å². The molecule has 0 amide bonds. The van der Waals surface area contributed by atoms with Crippen molar-refractivity contribution in [3.05, 3.63) is 89.5 Å². The summed E-state index contributed by atoms with van der Waals surface area (Å²) in [5, 5.41) is 0. The van der Waals surface area contributed by atoms with Crippen LogP contribution >= 0.6 is 24.7 Å². The SMILES string of the molecule is CCOP(N[PH](/N=[PH](/OCC)OCc1cccc(OC)c1)(OCC)OCc1cccc(OC)c1)OCc1cccc(OC)c1. The van der Waals surface area contributed by atoms with Crippen LogP contribution in [0.5, 0.6) is 17.2 Å². The van der Waals surface area contributed by atoms with Crippen molar-refractivity contribution < 1.29 is 41.4 Å². The van der Waals surface area contributed by atoms with E-state index in [0.29, 0.717) is 19.8 Å². The van der Waals surface area contributed by atoms with E-state index >= 15 is 0 Å². The molecule has 0 saturated heterocycles. The van der Waals surface area contributed by atoms with E-state index in [2.05, 4.69) is 4.86 Å². The summed E-state index contributed by atoms with van der Waals surface area (Å²) in [7, 11) is -2.72. The first kappa shape index (κ1) is 36.3. The minimum atomic E-state index is -3.66. The Morgan fingerprint density at radius 2 is 1.18 bits per heavy atom. The molecule has 2 unspecified atom stereocenters. The molecule has 244 valence electrons. The van der Waals surface area contributed by atoms with Gasteiger partial charge in [-0.3, -0.25) is 0 Å². The molecule has 44 heavy (non-hydrogen) atoms. The first-order valence-electron chi connectivity index (χ1n) is 14.3. The van der Waals surface area contributed by atoms with Crippen LogP contribution in [-0.4, -0.2) is 41.2 Å². The van der Waals surface area contributed by atoms with Gasteiger partial charge in [-0.15, -0.1) is 0 Å². The van der Waals surface area contributed by atoms with Gasteiger partial charge in [0, 0.05) is 0 Å². The molecule has 0 radical (unpaired) electrons. The number of hydrogen-bond donors (Lipinski definition) is 1. The molecule has 0 fully saturated rings. The van der Waals surface area contributed by atoms with Crippen LogP contribution in [0, 0.1) is 0 Å². The Hall–Kier alpha value is -2.13. The Morgan fingerprint density at radius 1 is 0.636 bits per heavy atom. The van der Waals surface area contributed by atoms with E-state index in [9.17, 15) is 0 Å². The van der Waals surface area contributed by atoms with Gasteiger partial charge >= 0.3 is 264 Å². The van der Waals surface area contributed by atoms with Gasteiger partial charge in [-0.25, -0.2) is 0 Å². The van der Waals surface area contributed by atoms with Crippen LogP contribution in [0.3, 0.4) is 0 Å². The molecule has 1 N–H and O–H groups in total. The average Bonchev–Trinajstić information content (AvgIpc) is 3.06. The second kappa shape index (κ2) is 20.1. The van der Waals surface area contributed by atoms with Gasteiger partial charge in [-0.2, -0.15) is 0 Å². The molecule has 0 aromatic heterocycles. The predicted octanol–water partition coefficient (Wildman–Crippen LogP) is 8.23. The van der Waals surface area contributed by atoms with E-state index in [0.717, 1.165) is 33.9 Å². The Balaban J connectivity index is 1.92. The van der Waals surface area contributed by atoms with E-state index in [1.54, 1.807) is 21.3 Å². The molecule has 3 aromatic rings. The Kier molecular flexibility index (Phi) is 16.6. The van der Waals surface area contributed by atoms with Gasteiger partial charge in [0.15, 0.2) is 0 Å². The Bertz CT molecular complexity index is 1300. The third-order valence-corrected chi connectivity index (χ3v) is 12.6. The molecule has 0 saturated carbocycles. The zero-order chi connectivity index (χ0) is 31.6. The van der Waals surface area contributed by atoms with Gasteiger partial charge in [-0.1, -0.05) is 0 Å². The number of rotatable bonds is 21. The number of ether oxygens (including phenoxy) is 3. The van der Waals surface area contributed by atoms with Crippen LogP contribution in [0.4, 0.5) is 0 Å². The summed E-state index contributed by atoms with van der Waals surface area (Å²) in [5.41, 5.74) is 2.74. The zero-order valence-corrected chi connectivity index (χ0v) is 29.1. The number of nitrogens with zero attached hydrogens (tertiary/aromatic N) is 1. The van der Waals surface area contributed by atoms with E-state index in [1.165, 1.54) is 0 Å². The van der Waals surface area contributed by atoms with Gasteiger partial charge in [0.25, 0.3) is 0 Å². The number of benzene rings is 3. The van der Waals surface area contributed by atoms with Crippen LogP contribution in [0.15, 0.2) is 77.3 Å². The summed E-state index contributed by atoms with van der Waals surface area (Å²) in [6.07, 6.45) is 0. The molecular formula is C30H45N2O9P3. The van der Waals surface area contributed by atoms with E-state index < -0.39 is 24.7 Å². The summed E-state index contributed by atoms with van der Waals surface area (Å²) in [5.74, 6) is 2.20. The van der Waals surface area contributed by atoms with Gasteiger partial charge in [0.1, 0.15) is 0 Å². The third kappa shape index (κ3) is 12.3. The van der Waals surface area contributed by atoms with Gasteiger partial charge in [0.2, 0.25) is 0 Å². The predicted molar refractivity (Wildman–Crippen MR) is 177 cm³/mol. The van der Waals surface area contributed by atoms with Gasteiger partial charge in [0.05, 0.1) is 0 Å². The molecule has 0 bridgehead atoms. The molecule has 3 aromatic carbocycles. The second-order valence-corrected chi connectivity index (χ2v) is 14.7. The van der Waals surface area contributed by atoms with E-state index in [-0.39, 0.29) is 19.8 Å². The van der Waals surface area contributed by atoms with Crippen LogP contribution in [0.25, 0.3) is 0 Å². The maximum absolute atomic E-state index is 6.55. The van der Waals surface area contributed by atoms with Gasteiger partial charge < -0.3 is 0 Å². The molecule has 14 heteroatoms. The summed E-state index contributed by atoms with van der Waals surface area (Å²) >= 11 is 0. The number of nitrogens with one attached hydrogen (secondary N) is 1. The monoisotopic (exact) mass is 670 g/mol. The third-order valence-electron chi connectivity index (χ3n) is 5.87. The standard InChI is InChI=1S/C30H45N2O9P3/c1-7-36-42(38-22-25-13-10-16-28(19-25)33-4)31-44(40-9-3,41-24-27-15-12-18-30(21-27)35-6)32-43(37-8-2)39-23-26-14-11-17-29(20-26)34-5/h10-21,31,43-44H,7-9,22-24H2,1-6H3. The summed E-state index contributed by atoms with van der Waals surface area (Å²) in [6, 6.07) is 23.0. The number of hydrogen-bond acceptors (Lipinski definition) is 11. The molecule has 0 heterocycles. The first-order chi connectivity index (χ1) is 21.5. The first-order valence-corrected chi connectivity index (χ1v) is 18.5. The molecule has 3 rings (SSSR count). The van der Waals surface area contributed by atoms with Crippen molar-refractivity contribution >= 4 is 24.7 Å². The molecule has 0 aliphatic rings. The van der Waals surface area contributed by atoms with Crippen molar-refractivity contribution in [1.29, 1.82) is 0 Å². The maximum atomic E-state index is 6.55. The van der Waals surface area contributed by atoms with Crippen LogP contribution in [0.2, 0.25) is 0 Å². The van der Waals surface area contributed by atoms with E-state index in [1.807, 2.05) is 93.6 Å². The van der Waals surface area contributed by atoms with Crippen molar-refractivity contribution in [2.45, 2.75) is 40.6 Å². The summed E-state index contributed by atoms with van der Waals surface area (Å²) in [6.45, 7) is 7.55. The molecule has 11 nitrogen and oxygen atoms in total. The fraction of sp³-hybridized carbons (Fsp3) is 0.400. The Morgan fingerprint density at radius 3 is 1.68 bits per heavy atom. The molecular weight excluding hydrogens is 625 g/mol. The topological polar surface area (TPSA) is 107 Å². The minimum absolute atomic E-state index is 0.197. The van der Waals surface area contributed by atoms with Crippen molar-refractivity contribution in [1.82, 2.24) is 4.86 Å². The van der Waals surface area contributed by atoms with Crippen LogP contribution in [-0.2, 0) is 47.0 Å². The molecule has 0 aliphatic carbocycles. The molecule has 0 spiro atoms. The second-order valence-electron chi connectivity index (χ2n) is 9.02. The van der Waals surface area contributed by atoms with Crippen molar-refractivity contribution in [3.63, 3.8) is 0 Å². The van der Waals surface area contributed by atoms with Crippen LogP contribution < -0.4 is 19.1 Å². The van der Waals surface area contributed by atoms with Gasteiger partial charge in [-0.05, 0) is 0 Å². The summed E-state index contributed by atoms with van der Waals surface area (Å²) in [4.78, 5) is 3.40. The quantitative estimate of drug-likeness (QED) is 0.111. The van der Waals surface area contributed by atoms with Crippen molar-refractivity contribution in [2.24, 2.45) is 4.52 Å². The van der Waals surface area contributed by atoms with Crippen molar-refractivity contribution in [2.75, 3.05) is 41.2 Å². The zero-order valence-electron chi connectivity index (χ0n) is 26.2. The fourth-order valence-electron chi connectivity index (χ4n) is 3.82.